The average Bonchev–Trinajstić information content (AvgIpc) is 3.21. The first kappa shape index (κ1) is 17.7. The highest BCUT2D eigenvalue weighted by atomic mass is 35.5. The molecule has 1 amide bonds. The molecule has 27 heavy (non-hydrogen) atoms. The van der Waals surface area contributed by atoms with Crippen molar-refractivity contribution in [3.63, 3.8) is 0 Å². The van der Waals surface area contributed by atoms with Crippen LogP contribution in [-0.4, -0.2) is 20.9 Å². The number of hydroxylamine groups is 1. The van der Waals surface area contributed by atoms with E-state index in [1.54, 1.807) is 47.5 Å². The molecule has 1 atom stereocenters. The lowest BCUT2D eigenvalue weighted by Gasteiger charge is -2.29. The van der Waals surface area contributed by atoms with Gasteiger partial charge in [-0.05, 0) is 54.3 Å². The van der Waals surface area contributed by atoms with Crippen LogP contribution in [0.5, 0.6) is 0 Å². The van der Waals surface area contributed by atoms with Crippen LogP contribution in [0.3, 0.4) is 0 Å². The number of nitrogens with zero attached hydrogens (tertiary/aromatic N) is 2. The Morgan fingerprint density at radius 3 is 2.81 bits per heavy atom. The lowest BCUT2D eigenvalue weighted by atomic mass is 9.75. The molecule has 2 N–H and O–H groups in total. The number of aromatic nitrogens is 2. The molecule has 1 aromatic heterocycles. The minimum atomic E-state index is -1.10. The van der Waals surface area contributed by atoms with Gasteiger partial charge in [-0.2, -0.15) is 5.10 Å². The summed E-state index contributed by atoms with van der Waals surface area (Å²) in [5.41, 5.74) is 4.12. The molecule has 3 aromatic rings. The van der Waals surface area contributed by atoms with Crippen molar-refractivity contribution in [1.82, 2.24) is 15.3 Å². The highest BCUT2D eigenvalue weighted by Gasteiger charge is 2.48. The topological polar surface area (TPSA) is 67.2 Å². The molecule has 138 valence electrons. The van der Waals surface area contributed by atoms with Crippen molar-refractivity contribution in [1.29, 1.82) is 0 Å². The van der Waals surface area contributed by atoms with Gasteiger partial charge in [-0.3, -0.25) is 10.0 Å². The van der Waals surface area contributed by atoms with Crippen LogP contribution in [0.1, 0.15) is 22.4 Å². The molecule has 0 bridgehead atoms. The number of rotatable bonds is 3. The summed E-state index contributed by atoms with van der Waals surface area (Å²) in [4.78, 5) is 12.7. The van der Waals surface area contributed by atoms with Gasteiger partial charge >= 0.3 is 0 Å². The molecule has 1 unspecified atom stereocenters. The molecule has 0 aliphatic heterocycles. The number of carbonyl (C=O) groups is 1. The van der Waals surface area contributed by atoms with Crippen LogP contribution in [0.4, 0.5) is 4.39 Å². The molecule has 0 saturated heterocycles. The van der Waals surface area contributed by atoms with Gasteiger partial charge in [-0.15, -0.1) is 0 Å². The smallest absolute Gasteiger partial charge is 0.254 e. The number of nitrogens with one attached hydrogen (secondary N) is 1. The molecule has 0 fully saturated rings. The van der Waals surface area contributed by atoms with Gasteiger partial charge in [0.1, 0.15) is 5.82 Å². The minimum Gasteiger partial charge on any atom is -0.289 e. The summed E-state index contributed by atoms with van der Waals surface area (Å²) in [6.07, 6.45) is 2.31. The molecule has 2 aromatic carbocycles. The van der Waals surface area contributed by atoms with Crippen molar-refractivity contribution in [2.45, 2.75) is 25.2 Å². The van der Waals surface area contributed by atoms with E-state index in [0.29, 0.717) is 22.6 Å². The molecule has 1 heterocycles. The quantitative estimate of drug-likeness (QED) is 0.535. The van der Waals surface area contributed by atoms with Crippen molar-refractivity contribution in [2.24, 2.45) is 0 Å². The predicted molar refractivity (Wildman–Crippen MR) is 98.7 cm³/mol. The number of hydrogen-bond acceptors (Lipinski definition) is 3. The average molecular weight is 386 g/mol. The van der Waals surface area contributed by atoms with Crippen LogP contribution < -0.4 is 5.48 Å². The fourth-order valence-electron chi connectivity index (χ4n) is 3.95. The van der Waals surface area contributed by atoms with E-state index >= 15 is 0 Å². The van der Waals surface area contributed by atoms with E-state index < -0.39 is 11.3 Å². The monoisotopic (exact) mass is 385 g/mol. The Morgan fingerprint density at radius 2 is 2.07 bits per heavy atom. The fourth-order valence-corrected chi connectivity index (χ4v) is 4.14. The second-order valence-corrected chi connectivity index (χ2v) is 7.23. The molecule has 1 aliphatic rings. The first-order valence-corrected chi connectivity index (χ1v) is 8.86. The van der Waals surface area contributed by atoms with E-state index in [-0.39, 0.29) is 12.2 Å². The zero-order valence-electron chi connectivity index (χ0n) is 14.5. The fraction of sp³-hybridized carbons (Fsp3) is 0.200. The Morgan fingerprint density at radius 1 is 1.30 bits per heavy atom. The van der Waals surface area contributed by atoms with Crippen LogP contribution in [0.15, 0.2) is 48.7 Å². The summed E-state index contributed by atoms with van der Waals surface area (Å²) in [5, 5.41) is 14.4. The molecule has 1 aliphatic carbocycles. The second-order valence-electron chi connectivity index (χ2n) is 6.80. The predicted octanol–water partition coefficient (Wildman–Crippen LogP) is 3.52. The maximum Gasteiger partial charge on any atom is 0.254 e. The van der Waals surface area contributed by atoms with Crippen LogP contribution in [0.25, 0.3) is 5.69 Å². The van der Waals surface area contributed by atoms with Crippen LogP contribution in [0, 0.1) is 12.7 Å². The largest absolute Gasteiger partial charge is 0.289 e. The number of halogens is 2. The Bertz CT molecular complexity index is 1050. The summed E-state index contributed by atoms with van der Waals surface area (Å²) < 4.78 is 15.9. The third-order valence-corrected chi connectivity index (χ3v) is 5.52. The van der Waals surface area contributed by atoms with Crippen molar-refractivity contribution in [3.8, 4) is 5.69 Å². The summed E-state index contributed by atoms with van der Waals surface area (Å²) in [6.45, 7) is 1.64. The molecule has 5 nitrogen and oxygen atoms in total. The Balaban J connectivity index is 1.85. The first-order chi connectivity index (χ1) is 13.0. The van der Waals surface area contributed by atoms with Crippen LogP contribution in [0.2, 0.25) is 5.02 Å². The van der Waals surface area contributed by atoms with Gasteiger partial charge in [0.05, 0.1) is 17.3 Å². The zero-order chi connectivity index (χ0) is 19.2. The van der Waals surface area contributed by atoms with E-state index in [1.807, 2.05) is 12.1 Å². The van der Waals surface area contributed by atoms with Gasteiger partial charge in [0, 0.05) is 17.1 Å². The number of amides is 1. The number of hydrogen-bond donors (Lipinski definition) is 2. The van der Waals surface area contributed by atoms with Gasteiger partial charge in [-0.1, -0.05) is 29.8 Å². The molecule has 7 heteroatoms. The van der Waals surface area contributed by atoms with Crippen LogP contribution in [-0.2, 0) is 23.1 Å². The number of fused-ring (bicyclic) bond motifs is 1. The van der Waals surface area contributed by atoms with E-state index in [9.17, 15) is 14.4 Å². The summed E-state index contributed by atoms with van der Waals surface area (Å²) >= 11 is 6.10. The highest BCUT2D eigenvalue weighted by Crippen LogP contribution is 2.42. The maximum absolute atomic E-state index is 14.2. The zero-order valence-corrected chi connectivity index (χ0v) is 15.3. The minimum absolute atomic E-state index is 0.283. The Kier molecular flexibility index (Phi) is 4.25. The van der Waals surface area contributed by atoms with E-state index in [0.717, 1.165) is 16.9 Å². The Labute approximate surface area is 160 Å². The van der Waals surface area contributed by atoms with Crippen LogP contribution >= 0.6 is 11.6 Å². The standard InChI is InChI=1S/C20H17ClFN3O2/c1-12-16(6-3-7-17(12)22)20(19(26)24-27)9-13-11-23-25(18(13)10-20)15-5-2-4-14(21)8-15/h2-8,11,27H,9-10H2,1H3,(H,24,26). The second kappa shape index (κ2) is 6.48. The first-order valence-electron chi connectivity index (χ1n) is 8.48. The molecule has 0 spiro atoms. The van der Waals surface area contributed by atoms with Gasteiger partial charge < -0.3 is 0 Å². The van der Waals surface area contributed by atoms with E-state index in [1.165, 1.54) is 6.07 Å². The van der Waals surface area contributed by atoms with Crippen molar-refractivity contribution in [3.05, 3.63) is 81.9 Å². The van der Waals surface area contributed by atoms with Crippen molar-refractivity contribution in [2.75, 3.05) is 0 Å². The highest BCUT2D eigenvalue weighted by molar-refractivity contribution is 6.30. The molecule has 0 radical (unpaired) electrons. The number of carbonyl (C=O) groups excluding carboxylic acids is 1. The van der Waals surface area contributed by atoms with Gasteiger partial charge in [0.15, 0.2) is 0 Å². The molecule has 0 saturated carbocycles. The van der Waals surface area contributed by atoms with Gasteiger partial charge in [0.2, 0.25) is 0 Å². The van der Waals surface area contributed by atoms with E-state index in [2.05, 4.69) is 5.10 Å². The van der Waals surface area contributed by atoms with Gasteiger partial charge in [0.25, 0.3) is 5.91 Å². The summed E-state index contributed by atoms with van der Waals surface area (Å²) in [6, 6.07) is 11.9. The van der Waals surface area contributed by atoms with Gasteiger partial charge in [-0.25, -0.2) is 14.6 Å². The number of benzene rings is 2. The normalized spacial score (nSPS) is 18.4. The third-order valence-electron chi connectivity index (χ3n) is 5.29. The molecular weight excluding hydrogens is 369 g/mol. The Hall–Kier alpha value is -2.70. The molecule has 4 rings (SSSR count). The summed E-state index contributed by atoms with van der Waals surface area (Å²) in [7, 11) is 0. The van der Waals surface area contributed by atoms with Crippen molar-refractivity contribution >= 4 is 17.5 Å². The third kappa shape index (κ3) is 2.72. The maximum atomic E-state index is 14.2. The lowest BCUT2D eigenvalue weighted by Crippen LogP contribution is -2.45. The molecular formula is C20H17ClFN3O2. The van der Waals surface area contributed by atoms with E-state index in [4.69, 9.17) is 11.6 Å². The summed E-state index contributed by atoms with van der Waals surface area (Å²) in [5.74, 6) is -0.949. The SMILES string of the molecule is Cc1c(F)cccc1C1(C(=O)NO)Cc2cnn(-c3cccc(Cl)c3)c2C1. The lowest BCUT2D eigenvalue weighted by molar-refractivity contribution is -0.135. The van der Waals surface area contributed by atoms with Crippen molar-refractivity contribution < 1.29 is 14.4 Å².